The second-order valence-electron chi connectivity index (χ2n) is 4.65. The third-order valence-electron chi connectivity index (χ3n) is 3.49. The highest BCUT2D eigenvalue weighted by atomic mass is 35.5. The van der Waals surface area contributed by atoms with Gasteiger partial charge in [0.1, 0.15) is 0 Å². The molecule has 23 heavy (non-hydrogen) atoms. The Morgan fingerprint density at radius 3 is 2.35 bits per heavy atom. The van der Waals surface area contributed by atoms with Gasteiger partial charge in [0.25, 0.3) is 0 Å². The van der Waals surface area contributed by atoms with Gasteiger partial charge in [0.15, 0.2) is 0 Å². The van der Waals surface area contributed by atoms with Crippen LogP contribution >= 0.6 is 11.6 Å². The highest BCUT2D eigenvalue weighted by Gasteiger charge is 2.51. The Labute approximate surface area is 137 Å². The van der Waals surface area contributed by atoms with E-state index in [0.29, 0.717) is 5.56 Å². The minimum atomic E-state index is -1.61. The molecule has 0 spiro atoms. The van der Waals surface area contributed by atoms with Crippen molar-refractivity contribution in [2.24, 2.45) is 0 Å². The highest BCUT2D eigenvalue weighted by Crippen LogP contribution is 2.44. The van der Waals surface area contributed by atoms with Gasteiger partial charge in [-0.3, -0.25) is 0 Å². The number of hydrogen-bond donors (Lipinski definition) is 0. The van der Waals surface area contributed by atoms with Crippen LogP contribution in [0.15, 0.2) is 24.3 Å². The molecule has 2 aromatic rings. The van der Waals surface area contributed by atoms with Crippen LogP contribution in [-0.4, -0.2) is 37.3 Å². The number of esters is 1. The second kappa shape index (κ2) is 5.68. The van der Waals surface area contributed by atoms with Crippen LogP contribution in [0.5, 0.6) is 11.8 Å². The molecule has 1 aliphatic heterocycles. The van der Waals surface area contributed by atoms with Crippen LogP contribution in [0.3, 0.4) is 0 Å². The lowest BCUT2D eigenvalue weighted by atomic mass is 10.0. The van der Waals surface area contributed by atoms with Gasteiger partial charge in [0.2, 0.25) is 17.6 Å². The first-order chi connectivity index (χ1) is 11.1. The van der Waals surface area contributed by atoms with Crippen molar-refractivity contribution in [3.63, 3.8) is 0 Å². The molecule has 0 amide bonds. The number of benzene rings is 1. The summed E-state index contributed by atoms with van der Waals surface area (Å²) in [5.41, 5.74) is 0.647. The molecule has 1 aliphatic rings. The number of nitrogens with zero attached hydrogens (tertiary/aromatic N) is 2. The summed E-state index contributed by atoms with van der Waals surface area (Å²) in [4.78, 5) is 20.7. The van der Waals surface area contributed by atoms with Crippen LogP contribution in [0.2, 0.25) is 5.02 Å². The van der Waals surface area contributed by atoms with Gasteiger partial charge in [-0.05, 0) is 6.07 Å². The van der Waals surface area contributed by atoms with Crippen molar-refractivity contribution in [1.29, 1.82) is 0 Å². The lowest BCUT2D eigenvalue weighted by molar-refractivity contribution is -0.160. The van der Waals surface area contributed by atoms with Crippen molar-refractivity contribution in [1.82, 2.24) is 9.97 Å². The van der Waals surface area contributed by atoms with Gasteiger partial charge < -0.3 is 18.9 Å². The maximum absolute atomic E-state index is 12.2. The summed E-state index contributed by atoms with van der Waals surface area (Å²) in [5.74, 6) is -1.66. The zero-order valence-electron chi connectivity index (χ0n) is 12.6. The summed E-state index contributed by atoms with van der Waals surface area (Å²) in [6, 6.07) is 6.46. The lowest BCUT2D eigenvalue weighted by Gasteiger charge is -2.25. The Kier molecular flexibility index (Phi) is 3.83. The van der Waals surface area contributed by atoms with Crippen molar-refractivity contribution >= 4 is 17.6 Å². The zero-order valence-corrected chi connectivity index (χ0v) is 13.4. The Morgan fingerprint density at radius 1 is 1.13 bits per heavy atom. The molecule has 1 unspecified atom stereocenters. The van der Waals surface area contributed by atoms with E-state index in [2.05, 4.69) is 9.97 Å². The molecule has 0 bridgehead atoms. The fourth-order valence-corrected chi connectivity index (χ4v) is 2.66. The van der Waals surface area contributed by atoms with Gasteiger partial charge in [-0.15, -0.1) is 0 Å². The van der Waals surface area contributed by atoms with E-state index < -0.39 is 11.8 Å². The van der Waals surface area contributed by atoms with E-state index in [9.17, 15) is 4.79 Å². The van der Waals surface area contributed by atoms with Gasteiger partial charge >= 0.3 is 11.8 Å². The van der Waals surface area contributed by atoms with Crippen LogP contribution in [0.1, 0.15) is 21.7 Å². The lowest BCUT2D eigenvalue weighted by Crippen LogP contribution is -2.32. The highest BCUT2D eigenvalue weighted by molar-refractivity contribution is 6.34. The summed E-state index contributed by atoms with van der Waals surface area (Å²) < 4.78 is 21.2. The van der Waals surface area contributed by atoms with Crippen molar-refractivity contribution in [2.45, 2.75) is 5.79 Å². The van der Waals surface area contributed by atoms with Crippen molar-refractivity contribution in [3.05, 3.63) is 46.2 Å². The van der Waals surface area contributed by atoms with E-state index in [0.717, 1.165) is 0 Å². The molecule has 1 atom stereocenters. The largest absolute Gasteiger partial charge is 0.481 e. The third kappa shape index (κ3) is 2.29. The molecule has 1 aromatic carbocycles. The first-order valence-electron chi connectivity index (χ1n) is 6.60. The summed E-state index contributed by atoms with van der Waals surface area (Å²) in [6.07, 6.45) is 0. The zero-order chi connectivity index (χ0) is 16.6. The number of carbonyl (C=O) groups excluding carboxylic acids is 1. The fraction of sp³-hybridized carbons (Fsp3) is 0.267. The molecule has 7 nitrogen and oxygen atoms in total. The van der Waals surface area contributed by atoms with Crippen LogP contribution in [0.4, 0.5) is 0 Å². The number of fused-ring (bicyclic) bond motifs is 1. The van der Waals surface area contributed by atoms with E-state index in [1.165, 1.54) is 27.4 Å². The number of cyclic esters (lactones) is 1. The number of hydrogen-bond acceptors (Lipinski definition) is 7. The van der Waals surface area contributed by atoms with E-state index in [4.69, 9.17) is 30.5 Å². The average molecular weight is 337 g/mol. The molecule has 0 radical (unpaired) electrons. The van der Waals surface area contributed by atoms with Crippen LogP contribution in [-0.2, 0) is 15.3 Å². The summed E-state index contributed by atoms with van der Waals surface area (Å²) in [7, 11) is 4.30. The van der Waals surface area contributed by atoms with Crippen molar-refractivity contribution in [3.8, 4) is 11.8 Å². The SMILES string of the molecule is COc1cc(OC)nc(C2(OC)OC(=O)c3c(Cl)cccc32)n1. The van der Waals surface area contributed by atoms with Crippen LogP contribution in [0, 0.1) is 0 Å². The second-order valence-corrected chi connectivity index (χ2v) is 5.06. The molecule has 0 saturated carbocycles. The fourth-order valence-electron chi connectivity index (χ4n) is 2.41. The van der Waals surface area contributed by atoms with Gasteiger partial charge in [-0.2, -0.15) is 9.97 Å². The molecule has 0 fully saturated rings. The molecule has 1 aromatic heterocycles. The predicted octanol–water partition coefficient (Wildman–Crippen LogP) is 2.17. The van der Waals surface area contributed by atoms with Crippen molar-refractivity contribution < 1.29 is 23.7 Å². The summed E-state index contributed by atoms with van der Waals surface area (Å²) in [6.45, 7) is 0. The van der Waals surface area contributed by atoms with E-state index in [1.807, 2.05) is 0 Å². The van der Waals surface area contributed by atoms with Gasteiger partial charge in [0.05, 0.1) is 30.9 Å². The number of methoxy groups -OCH3 is 3. The molecule has 0 N–H and O–H groups in total. The Bertz CT molecular complexity index is 760. The van der Waals surface area contributed by atoms with Gasteiger partial charge in [-0.1, -0.05) is 23.7 Å². The standard InChI is InChI=1S/C15H13ClN2O5/c1-20-10-7-11(21-2)18-14(17-10)15(22-3)8-5-4-6-9(16)12(8)13(19)23-15/h4-7H,1-3H3. The number of carbonyl (C=O) groups is 1. The average Bonchev–Trinajstić information content (AvgIpc) is 2.89. The first kappa shape index (κ1) is 15.5. The Balaban J connectivity index is 2.26. The summed E-state index contributed by atoms with van der Waals surface area (Å²) >= 11 is 6.11. The maximum atomic E-state index is 12.2. The maximum Gasteiger partial charge on any atom is 0.343 e. The third-order valence-corrected chi connectivity index (χ3v) is 3.80. The monoisotopic (exact) mass is 336 g/mol. The molecular formula is C15H13ClN2O5. The quantitative estimate of drug-likeness (QED) is 0.791. The molecule has 3 rings (SSSR count). The number of aromatic nitrogens is 2. The molecule has 0 saturated heterocycles. The normalized spacial score (nSPS) is 19.2. The van der Waals surface area contributed by atoms with E-state index >= 15 is 0 Å². The predicted molar refractivity (Wildman–Crippen MR) is 79.8 cm³/mol. The minimum Gasteiger partial charge on any atom is -0.481 e. The minimum absolute atomic E-state index is 0.0746. The summed E-state index contributed by atoms with van der Waals surface area (Å²) in [5, 5.41) is 0.265. The Hall–Kier alpha value is -2.38. The van der Waals surface area contributed by atoms with E-state index in [-0.39, 0.29) is 28.2 Å². The number of halogens is 1. The smallest absolute Gasteiger partial charge is 0.343 e. The van der Waals surface area contributed by atoms with Gasteiger partial charge in [-0.25, -0.2) is 4.79 Å². The topological polar surface area (TPSA) is 79.8 Å². The molecular weight excluding hydrogens is 324 g/mol. The number of ether oxygens (including phenoxy) is 4. The molecule has 120 valence electrons. The molecule has 0 aliphatic carbocycles. The molecule has 2 heterocycles. The van der Waals surface area contributed by atoms with E-state index in [1.54, 1.807) is 18.2 Å². The van der Waals surface area contributed by atoms with Crippen LogP contribution < -0.4 is 9.47 Å². The van der Waals surface area contributed by atoms with Crippen LogP contribution in [0.25, 0.3) is 0 Å². The number of rotatable bonds is 4. The molecule has 8 heteroatoms. The van der Waals surface area contributed by atoms with Gasteiger partial charge in [0, 0.05) is 12.7 Å². The van der Waals surface area contributed by atoms with Crippen molar-refractivity contribution in [2.75, 3.05) is 21.3 Å². The first-order valence-corrected chi connectivity index (χ1v) is 6.98. The Morgan fingerprint density at radius 2 is 1.78 bits per heavy atom.